The highest BCUT2D eigenvalue weighted by Gasteiger charge is 2.07. The lowest BCUT2D eigenvalue weighted by atomic mass is 10.1. The van der Waals surface area contributed by atoms with Crippen molar-refractivity contribution in [2.45, 2.75) is 52.9 Å². The molecule has 0 aliphatic carbocycles. The second-order valence-electron chi connectivity index (χ2n) is 4.90. The number of hydrogen-bond donors (Lipinski definition) is 2. The minimum Gasteiger partial charge on any atom is -0.338 e. The largest absolute Gasteiger partial charge is 0.338 e. The van der Waals surface area contributed by atoms with Crippen molar-refractivity contribution in [3.8, 4) is 0 Å². The summed E-state index contributed by atoms with van der Waals surface area (Å²) in [6, 6.07) is 6.02. The molecule has 0 spiro atoms. The average Bonchev–Trinajstić information content (AvgIpc) is 2.41. The minimum absolute atomic E-state index is 0.0968. The van der Waals surface area contributed by atoms with Crippen molar-refractivity contribution < 1.29 is 4.79 Å². The van der Waals surface area contributed by atoms with Crippen molar-refractivity contribution in [3.05, 3.63) is 29.3 Å². The number of unbranched alkanes of at least 4 members (excludes halogenated alkanes) is 3. The van der Waals surface area contributed by atoms with Crippen molar-refractivity contribution in [3.63, 3.8) is 0 Å². The predicted molar refractivity (Wildman–Crippen MR) is 81.7 cm³/mol. The van der Waals surface area contributed by atoms with E-state index in [1.54, 1.807) is 0 Å². The van der Waals surface area contributed by atoms with Gasteiger partial charge in [-0.15, -0.1) is 0 Å². The first-order chi connectivity index (χ1) is 9.19. The highest BCUT2D eigenvalue weighted by molar-refractivity contribution is 5.91. The fourth-order valence-corrected chi connectivity index (χ4v) is 2.11. The third kappa shape index (κ3) is 5.33. The number of anilines is 1. The summed E-state index contributed by atoms with van der Waals surface area (Å²) in [6.07, 6.45) is 5.61. The number of hydrogen-bond acceptors (Lipinski definition) is 1. The maximum absolute atomic E-state index is 11.8. The molecule has 0 aliphatic heterocycles. The van der Waals surface area contributed by atoms with Crippen molar-refractivity contribution in [1.29, 1.82) is 0 Å². The average molecular weight is 262 g/mol. The first kappa shape index (κ1) is 15.5. The van der Waals surface area contributed by atoms with Crippen molar-refractivity contribution in [1.82, 2.24) is 5.32 Å². The zero-order chi connectivity index (χ0) is 14.1. The van der Waals surface area contributed by atoms with Gasteiger partial charge < -0.3 is 10.6 Å². The Balaban J connectivity index is 2.44. The zero-order valence-corrected chi connectivity index (χ0v) is 12.4. The quantitative estimate of drug-likeness (QED) is 0.708. The number of benzene rings is 1. The number of amides is 2. The van der Waals surface area contributed by atoms with E-state index in [1.807, 2.05) is 19.1 Å². The molecule has 0 bridgehead atoms. The molecule has 2 N–H and O–H groups in total. The molecule has 1 aromatic rings. The lowest BCUT2D eigenvalue weighted by molar-refractivity contribution is 0.252. The van der Waals surface area contributed by atoms with Crippen LogP contribution in [0.5, 0.6) is 0 Å². The molecule has 0 atom stereocenters. The third-order valence-corrected chi connectivity index (χ3v) is 3.29. The Morgan fingerprint density at radius 3 is 2.63 bits per heavy atom. The zero-order valence-electron chi connectivity index (χ0n) is 12.4. The van der Waals surface area contributed by atoms with Crippen LogP contribution in [0.4, 0.5) is 10.5 Å². The second-order valence-corrected chi connectivity index (χ2v) is 4.90. The summed E-state index contributed by atoms with van der Waals surface area (Å²) in [5.41, 5.74) is 3.25. The Kier molecular flexibility index (Phi) is 7.01. The van der Waals surface area contributed by atoms with E-state index < -0.39 is 0 Å². The van der Waals surface area contributed by atoms with Crippen LogP contribution in [0, 0.1) is 6.92 Å². The molecule has 0 unspecified atom stereocenters. The van der Waals surface area contributed by atoms with E-state index in [0.717, 1.165) is 30.6 Å². The molecule has 106 valence electrons. The second kappa shape index (κ2) is 8.57. The number of carbonyl (C=O) groups excluding carboxylic acids is 1. The summed E-state index contributed by atoms with van der Waals surface area (Å²) >= 11 is 0. The fraction of sp³-hybridized carbons (Fsp3) is 0.562. The maximum Gasteiger partial charge on any atom is 0.319 e. The Labute approximate surface area is 116 Å². The molecular weight excluding hydrogens is 236 g/mol. The number of urea groups is 1. The summed E-state index contributed by atoms with van der Waals surface area (Å²) < 4.78 is 0. The molecule has 0 fully saturated rings. The molecule has 2 amide bonds. The Hall–Kier alpha value is -1.51. The van der Waals surface area contributed by atoms with E-state index in [0.29, 0.717) is 0 Å². The number of aryl methyl sites for hydroxylation is 2. The molecule has 3 nitrogen and oxygen atoms in total. The van der Waals surface area contributed by atoms with Gasteiger partial charge in [-0.2, -0.15) is 0 Å². The molecule has 0 saturated heterocycles. The van der Waals surface area contributed by atoms with Crippen LogP contribution in [0.15, 0.2) is 18.2 Å². The highest BCUT2D eigenvalue weighted by atomic mass is 16.2. The van der Waals surface area contributed by atoms with Crippen LogP contribution in [0.2, 0.25) is 0 Å². The molecule has 0 saturated carbocycles. The maximum atomic E-state index is 11.8. The van der Waals surface area contributed by atoms with Gasteiger partial charge in [-0.05, 0) is 30.9 Å². The smallest absolute Gasteiger partial charge is 0.319 e. The normalized spacial score (nSPS) is 10.3. The van der Waals surface area contributed by atoms with Gasteiger partial charge in [0.2, 0.25) is 0 Å². The highest BCUT2D eigenvalue weighted by Crippen LogP contribution is 2.20. The summed E-state index contributed by atoms with van der Waals surface area (Å²) in [4.78, 5) is 11.8. The summed E-state index contributed by atoms with van der Waals surface area (Å²) in [7, 11) is 0. The van der Waals surface area contributed by atoms with Gasteiger partial charge in [0.05, 0.1) is 0 Å². The number of nitrogens with one attached hydrogen (secondary N) is 2. The van der Waals surface area contributed by atoms with Crippen LogP contribution in [0.3, 0.4) is 0 Å². The van der Waals surface area contributed by atoms with Crippen LogP contribution >= 0.6 is 0 Å². The topological polar surface area (TPSA) is 41.1 Å². The van der Waals surface area contributed by atoms with Crippen LogP contribution in [-0.4, -0.2) is 12.6 Å². The van der Waals surface area contributed by atoms with Crippen molar-refractivity contribution in [2.75, 3.05) is 11.9 Å². The van der Waals surface area contributed by atoms with Gasteiger partial charge in [-0.25, -0.2) is 4.79 Å². The Morgan fingerprint density at radius 1 is 1.16 bits per heavy atom. The molecule has 3 heteroatoms. The molecule has 19 heavy (non-hydrogen) atoms. The number of para-hydroxylation sites is 1. The van der Waals surface area contributed by atoms with Gasteiger partial charge in [-0.1, -0.05) is 51.3 Å². The summed E-state index contributed by atoms with van der Waals surface area (Å²) in [5.74, 6) is 0. The van der Waals surface area contributed by atoms with Gasteiger partial charge in [0.25, 0.3) is 0 Å². The van der Waals surface area contributed by atoms with E-state index >= 15 is 0 Å². The first-order valence-corrected chi connectivity index (χ1v) is 7.32. The van der Waals surface area contributed by atoms with Gasteiger partial charge in [0.15, 0.2) is 0 Å². The SMILES string of the molecule is CCCCCCNC(=O)Nc1c(C)cccc1CC. The molecule has 1 aromatic carbocycles. The van der Waals surface area contributed by atoms with Crippen LogP contribution in [0.1, 0.15) is 50.7 Å². The molecule has 0 aromatic heterocycles. The molecule has 0 radical (unpaired) electrons. The summed E-state index contributed by atoms with van der Waals surface area (Å²) in [5, 5.41) is 5.89. The van der Waals surface area contributed by atoms with Gasteiger partial charge in [-0.3, -0.25) is 0 Å². The van der Waals surface area contributed by atoms with Crippen molar-refractivity contribution >= 4 is 11.7 Å². The van der Waals surface area contributed by atoms with Crippen LogP contribution in [0.25, 0.3) is 0 Å². The third-order valence-electron chi connectivity index (χ3n) is 3.29. The predicted octanol–water partition coefficient (Wildman–Crippen LogP) is 4.26. The van der Waals surface area contributed by atoms with E-state index in [9.17, 15) is 4.79 Å². The lowest BCUT2D eigenvalue weighted by Gasteiger charge is -2.13. The van der Waals surface area contributed by atoms with Gasteiger partial charge in [0.1, 0.15) is 0 Å². The number of rotatable bonds is 7. The molecule has 0 aliphatic rings. The van der Waals surface area contributed by atoms with Crippen LogP contribution in [-0.2, 0) is 6.42 Å². The van der Waals surface area contributed by atoms with Crippen LogP contribution < -0.4 is 10.6 Å². The van der Waals surface area contributed by atoms with E-state index in [2.05, 4.69) is 30.5 Å². The summed E-state index contributed by atoms with van der Waals surface area (Å²) in [6.45, 7) is 7.06. The lowest BCUT2D eigenvalue weighted by Crippen LogP contribution is -2.30. The molecular formula is C16H26N2O. The fourth-order valence-electron chi connectivity index (χ4n) is 2.11. The molecule has 0 heterocycles. The monoisotopic (exact) mass is 262 g/mol. The van der Waals surface area contributed by atoms with E-state index in [4.69, 9.17) is 0 Å². The minimum atomic E-state index is -0.0968. The van der Waals surface area contributed by atoms with Crippen molar-refractivity contribution in [2.24, 2.45) is 0 Å². The van der Waals surface area contributed by atoms with Gasteiger partial charge in [0, 0.05) is 12.2 Å². The number of carbonyl (C=O) groups is 1. The van der Waals surface area contributed by atoms with Gasteiger partial charge >= 0.3 is 6.03 Å². The Bertz CT molecular complexity index is 402. The Morgan fingerprint density at radius 2 is 1.95 bits per heavy atom. The van der Waals surface area contributed by atoms with E-state index in [1.165, 1.54) is 24.8 Å². The first-order valence-electron chi connectivity index (χ1n) is 7.32. The standard InChI is InChI=1S/C16H26N2O/c1-4-6-7-8-12-17-16(19)18-15-13(3)10-9-11-14(15)5-2/h9-11H,4-8,12H2,1-3H3,(H2,17,18,19). The van der Waals surface area contributed by atoms with E-state index in [-0.39, 0.29) is 6.03 Å². The molecule has 1 rings (SSSR count).